The predicted molar refractivity (Wildman–Crippen MR) is 75.1 cm³/mol. The molecule has 0 saturated carbocycles. The predicted octanol–water partition coefficient (Wildman–Crippen LogP) is 1.79. The van der Waals surface area contributed by atoms with Crippen LogP contribution in [0.5, 0.6) is 0 Å². The van der Waals surface area contributed by atoms with Crippen molar-refractivity contribution in [1.29, 1.82) is 0 Å². The first-order valence-corrected chi connectivity index (χ1v) is 8.25. The normalized spacial score (nSPS) is 17.9. The van der Waals surface area contributed by atoms with Gasteiger partial charge in [-0.25, -0.2) is 13.1 Å². The van der Waals surface area contributed by atoms with Crippen molar-refractivity contribution in [2.24, 2.45) is 0 Å². The molecule has 1 aromatic rings. The van der Waals surface area contributed by atoms with Crippen molar-refractivity contribution in [3.05, 3.63) is 28.2 Å². The van der Waals surface area contributed by atoms with Gasteiger partial charge in [0.25, 0.3) is 0 Å². The van der Waals surface area contributed by atoms with Crippen LogP contribution in [-0.2, 0) is 10.0 Å². The van der Waals surface area contributed by atoms with Crippen molar-refractivity contribution >= 4 is 26.0 Å². The molecule has 2 N–H and O–H groups in total. The molecule has 1 saturated heterocycles. The molecule has 100 valence electrons. The smallest absolute Gasteiger partial charge is 0.240 e. The molecule has 1 aromatic carbocycles. The second-order valence-electron chi connectivity index (χ2n) is 4.61. The molecule has 18 heavy (non-hydrogen) atoms. The molecule has 0 aliphatic carbocycles. The van der Waals surface area contributed by atoms with Gasteiger partial charge in [-0.15, -0.1) is 0 Å². The lowest BCUT2D eigenvalue weighted by Gasteiger charge is -2.23. The lowest BCUT2D eigenvalue weighted by molar-refractivity contribution is 0.427. The number of aryl methyl sites for hydroxylation is 1. The average Bonchev–Trinajstić information content (AvgIpc) is 2.28. The Morgan fingerprint density at radius 1 is 1.28 bits per heavy atom. The number of piperidine rings is 1. The second kappa shape index (κ2) is 5.69. The minimum Gasteiger partial charge on any atom is -0.317 e. The summed E-state index contributed by atoms with van der Waals surface area (Å²) in [6.45, 7) is 3.61. The third-order valence-electron chi connectivity index (χ3n) is 2.99. The summed E-state index contributed by atoms with van der Waals surface area (Å²) in [5, 5.41) is 3.22. The first kappa shape index (κ1) is 14.0. The zero-order valence-corrected chi connectivity index (χ0v) is 12.6. The molecule has 0 atom stereocenters. The monoisotopic (exact) mass is 332 g/mol. The minimum absolute atomic E-state index is 0.0375. The Hall–Kier alpha value is -0.430. The van der Waals surface area contributed by atoms with Crippen LogP contribution in [0.4, 0.5) is 0 Å². The number of sulfonamides is 1. The molecule has 6 heteroatoms. The topological polar surface area (TPSA) is 58.2 Å². The van der Waals surface area contributed by atoms with Crippen LogP contribution in [0.1, 0.15) is 18.4 Å². The van der Waals surface area contributed by atoms with Gasteiger partial charge in [-0.3, -0.25) is 0 Å². The molecular formula is C12H17BrN2O2S. The van der Waals surface area contributed by atoms with E-state index in [-0.39, 0.29) is 6.04 Å². The van der Waals surface area contributed by atoms with Gasteiger partial charge in [0.1, 0.15) is 0 Å². The summed E-state index contributed by atoms with van der Waals surface area (Å²) in [7, 11) is -3.41. The Balaban J connectivity index is 2.19. The molecule has 2 rings (SSSR count). The van der Waals surface area contributed by atoms with E-state index in [1.807, 2.05) is 13.0 Å². The van der Waals surface area contributed by atoms with Gasteiger partial charge in [0.2, 0.25) is 10.0 Å². The van der Waals surface area contributed by atoms with Crippen LogP contribution in [-0.4, -0.2) is 27.5 Å². The van der Waals surface area contributed by atoms with Crippen LogP contribution in [0.2, 0.25) is 0 Å². The van der Waals surface area contributed by atoms with E-state index in [1.165, 1.54) is 0 Å². The van der Waals surface area contributed by atoms with Crippen molar-refractivity contribution in [1.82, 2.24) is 10.0 Å². The summed E-state index contributed by atoms with van der Waals surface area (Å²) in [5.41, 5.74) is 0.926. The molecule has 1 heterocycles. The molecule has 0 unspecified atom stereocenters. The van der Waals surface area contributed by atoms with E-state index < -0.39 is 10.0 Å². The van der Waals surface area contributed by atoms with E-state index in [0.717, 1.165) is 36.0 Å². The fourth-order valence-corrected chi connectivity index (χ4v) is 4.28. The Kier molecular flexibility index (Phi) is 4.42. The SMILES string of the molecule is Cc1cc(Br)cc(S(=O)(=O)NC2CCNCC2)c1. The highest BCUT2D eigenvalue weighted by molar-refractivity contribution is 9.10. The molecule has 4 nitrogen and oxygen atoms in total. The summed E-state index contributed by atoms with van der Waals surface area (Å²) >= 11 is 3.33. The molecule has 0 spiro atoms. The zero-order chi connectivity index (χ0) is 13.2. The fraction of sp³-hybridized carbons (Fsp3) is 0.500. The van der Waals surface area contributed by atoms with E-state index in [4.69, 9.17) is 0 Å². The summed E-state index contributed by atoms with van der Waals surface area (Å²) in [5.74, 6) is 0. The fourth-order valence-electron chi connectivity index (χ4n) is 2.09. The second-order valence-corrected chi connectivity index (χ2v) is 7.24. The van der Waals surface area contributed by atoms with Gasteiger partial charge >= 0.3 is 0 Å². The number of nitrogens with one attached hydrogen (secondary N) is 2. The number of hydrogen-bond acceptors (Lipinski definition) is 3. The molecular weight excluding hydrogens is 316 g/mol. The van der Waals surface area contributed by atoms with E-state index >= 15 is 0 Å². The Morgan fingerprint density at radius 2 is 1.94 bits per heavy atom. The quantitative estimate of drug-likeness (QED) is 0.887. The van der Waals surface area contributed by atoms with Gasteiger partial charge in [0, 0.05) is 10.5 Å². The molecule has 1 aliphatic rings. The van der Waals surface area contributed by atoms with Crippen LogP contribution in [0.15, 0.2) is 27.6 Å². The van der Waals surface area contributed by atoms with Gasteiger partial charge in [-0.1, -0.05) is 15.9 Å². The summed E-state index contributed by atoms with van der Waals surface area (Å²) in [6, 6.07) is 5.25. The van der Waals surface area contributed by atoms with Crippen molar-refractivity contribution in [2.45, 2.75) is 30.7 Å². The summed E-state index contributed by atoms with van der Waals surface area (Å²) < 4.78 is 28.1. The third kappa shape index (κ3) is 3.54. The third-order valence-corrected chi connectivity index (χ3v) is 4.94. The van der Waals surface area contributed by atoms with Crippen molar-refractivity contribution in [3.8, 4) is 0 Å². The Bertz CT molecular complexity index is 505. The van der Waals surface area contributed by atoms with Crippen LogP contribution >= 0.6 is 15.9 Å². The van der Waals surface area contributed by atoms with Gasteiger partial charge in [0.15, 0.2) is 0 Å². The zero-order valence-electron chi connectivity index (χ0n) is 10.2. The van der Waals surface area contributed by atoms with Gasteiger partial charge < -0.3 is 5.32 Å². The lowest BCUT2D eigenvalue weighted by Crippen LogP contribution is -2.42. The van der Waals surface area contributed by atoms with Crippen LogP contribution < -0.4 is 10.0 Å². The first-order valence-electron chi connectivity index (χ1n) is 5.97. The average molecular weight is 333 g/mol. The highest BCUT2D eigenvalue weighted by atomic mass is 79.9. The van der Waals surface area contributed by atoms with Crippen molar-refractivity contribution in [2.75, 3.05) is 13.1 Å². The first-order chi connectivity index (χ1) is 8.47. The maximum Gasteiger partial charge on any atom is 0.240 e. The highest BCUT2D eigenvalue weighted by Crippen LogP contribution is 2.20. The van der Waals surface area contributed by atoms with Crippen LogP contribution in [0, 0.1) is 6.92 Å². The van der Waals surface area contributed by atoms with E-state index in [9.17, 15) is 8.42 Å². The molecule has 0 aromatic heterocycles. The minimum atomic E-state index is -3.41. The van der Waals surface area contributed by atoms with Gasteiger partial charge in [-0.2, -0.15) is 0 Å². The standard InChI is InChI=1S/C12H17BrN2O2S/c1-9-6-10(13)8-12(7-9)18(16,17)15-11-2-4-14-5-3-11/h6-8,11,14-15H,2-5H2,1H3. The number of halogens is 1. The van der Waals surface area contributed by atoms with Crippen LogP contribution in [0.3, 0.4) is 0 Å². The number of rotatable bonds is 3. The number of benzene rings is 1. The number of hydrogen-bond donors (Lipinski definition) is 2. The lowest BCUT2D eigenvalue weighted by atomic mass is 10.1. The van der Waals surface area contributed by atoms with Crippen LogP contribution in [0.25, 0.3) is 0 Å². The van der Waals surface area contributed by atoms with Gasteiger partial charge in [0.05, 0.1) is 4.90 Å². The summed E-state index contributed by atoms with van der Waals surface area (Å²) in [4.78, 5) is 0.327. The molecule has 0 radical (unpaired) electrons. The van der Waals surface area contributed by atoms with E-state index in [2.05, 4.69) is 26.0 Å². The molecule has 0 amide bonds. The summed E-state index contributed by atoms with van der Waals surface area (Å²) in [6.07, 6.45) is 1.68. The van der Waals surface area contributed by atoms with E-state index in [0.29, 0.717) is 4.90 Å². The Morgan fingerprint density at radius 3 is 2.56 bits per heavy atom. The van der Waals surface area contributed by atoms with E-state index in [1.54, 1.807) is 12.1 Å². The Labute approximate surface area is 116 Å². The molecule has 1 fully saturated rings. The molecule has 0 bridgehead atoms. The highest BCUT2D eigenvalue weighted by Gasteiger charge is 2.21. The maximum atomic E-state index is 12.3. The maximum absolute atomic E-state index is 12.3. The molecule has 1 aliphatic heterocycles. The van der Waals surface area contributed by atoms with Crippen molar-refractivity contribution in [3.63, 3.8) is 0 Å². The van der Waals surface area contributed by atoms with Gasteiger partial charge in [-0.05, 0) is 56.6 Å². The van der Waals surface area contributed by atoms with Crippen molar-refractivity contribution < 1.29 is 8.42 Å². The largest absolute Gasteiger partial charge is 0.317 e.